The Hall–Kier alpha value is -1.44. The third-order valence-electron chi connectivity index (χ3n) is 5.20. The van der Waals surface area contributed by atoms with Gasteiger partial charge in [0.2, 0.25) is 0 Å². The summed E-state index contributed by atoms with van der Waals surface area (Å²) in [6.07, 6.45) is 6.38. The third kappa shape index (κ3) is 3.45. The topological polar surface area (TPSA) is 28.5 Å². The summed E-state index contributed by atoms with van der Waals surface area (Å²) in [4.78, 5) is 4.26. The van der Waals surface area contributed by atoms with E-state index in [1.807, 2.05) is 12.4 Å². The third-order valence-corrected chi connectivity index (χ3v) is 9.83. The molecule has 1 aromatic carbocycles. The minimum Gasteiger partial charge on any atom is -0.265 e. The lowest BCUT2D eigenvalue weighted by molar-refractivity contribution is 0.538. The minimum atomic E-state index is -1.92. The first kappa shape index (κ1) is 18.4. The number of hydrogen-bond acceptors (Lipinski definition) is 2. The molecule has 0 radical (unpaired) electrons. The summed E-state index contributed by atoms with van der Waals surface area (Å²) in [7, 11) is -1.92. The van der Waals surface area contributed by atoms with Crippen molar-refractivity contribution in [3.63, 3.8) is 0 Å². The lowest BCUT2D eigenvalue weighted by Crippen LogP contribution is -2.35. The van der Waals surface area contributed by atoms with Crippen LogP contribution in [0.5, 0.6) is 0 Å². The lowest BCUT2D eigenvalue weighted by atomic mass is 10.1. The molecule has 3 rings (SSSR count). The molecule has 1 aliphatic heterocycles. The second-order valence-electron chi connectivity index (χ2n) is 8.01. The molecule has 1 aromatic heterocycles. The van der Waals surface area contributed by atoms with Crippen LogP contribution in [0.2, 0.25) is 0 Å². The highest BCUT2D eigenvalue weighted by atomic mass is 31.2. The molecule has 0 aliphatic carbocycles. The van der Waals surface area contributed by atoms with Gasteiger partial charge in [-0.15, -0.1) is 0 Å². The van der Waals surface area contributed by atoms with Crippen molar-refractivity contribution >= 4 is 18.2 Å². The number of rotatable bonds is 3. The maximum absolute atomic E-state index is 5.52. The van der Waals surface area contributed by atoms with E-state index in [-0.39, 0.29) is 5.16 Å². The molecule has 25 heavy (non-hydrogen) atoms. The molecule has 1 atom stereocenters. The Balaban J connectivity index is 2.30. The van der Waals surface area contributed by atoms with E-state index in [1.165, 1.54) is 29.3 Å². The normalized spacial score (nSPS) is 18.1. The highest BCUT2D eigenvalue weighted by Gasteiger charge is 2.42. The van der Waals surface area contributed by atoms with E-state index in [2.05, 4.69) is 74.6 Å². The average molecular weight is 355 g/mol. The van der Waals surface area contributed by atoms with Crippen LogP contribution in [0.15, 0.2) is 47.5 Å². The Morgan fingerprint density at radius 2 is 1.60 bits per heavy atom. The average Bonchev–Trinajstić information content (AvgIpc) is 3.10. The maximum Gasteiger partial charge on any atom is 0.0720 e. The number of aryl methyl sites for hydroxylation is 2. The molecule has 134 valence electrons. The molecule has 0 N–H and O–H groups in total. The van der Waals surface area contributed by atoms with Crippen molar-refractivity contribution in [2.75, 3.05) is 13.1 Å². The highest BCUT2D eigenvalue weighted by molar-refractivity contribution is 7.73. The molecule has 3 nitrogen and oxygen atoms in total. The van der Waals surface area contributed by atoms with Crippen LogP contribution >= 0.6 is 7.21 Å². The molecule has 0 amide bonds. The van der Waals surface area contributed by atoms with Crippen LogP contribution in [-0.4, -0.2) is 27.9 Å². The smallest absolute Gasteiger partial charge is 0.0720 e. The van der Waals surface area contributed by atoms with Crippen molar-refractivity contribution < 1.29 is 0 Å². The van der Waals surface area contributed by atoms with Gasteiger partial charge in [-0.2, -0.15) is 0 Å². The van der Waals surface area contributed by atoms with Gasteiger partial charge in [-0.1, -0.05) is 26.8 Å². The molecule has 0 bridgehead atoms. The van der Waals surface area contributed by atoms with E-state index >= 15 is 0 Å². The molecule has 1 aliphatic rings. The van der Waals surface area contributed by atoms with Crippen molar-refractivity contribution in [2.24, 2.45) is 4.74 Å². The van der Waals surface area contributed by atoms with Gasteiger partial charge in [0.05, 0.1) is 12.9 Å². The molecule has 1 fully saturated rings. The lowest BCUT2D eigenvalue weighted by Gasteiger charge is -2.44. The Morgan fingerprint density at radius 3 is 2.16 bits per heavy atom. The second-order valence-corrected chi connectivity index (χ2v) is 11.8. The van der Waals surface area contributed by atoms with Crippen molar-refractivity contribution in [1.29, 1.82) is 0 Å². The van der Waals surface area contributed by atoms with E-state index in [0.29, 0.717) is 0 Å². The number of pyridine rings is 1. The summed E-state index contributed by atoms with van der Waals surface area (Å²) >= 11 is 0. The highest BCUT2D eigenvalue weighted by Crippen LogP contribution is 2.64. The first-order chi connectivity index (χ1) is 11.8. The molecule has 2 aromatic rings. The molecule has 2 heterocycles. The van der Waals surface area contributed by atoms with Crippen LogP contribution in [0.1, 0.15) is 44.7 Å². The quantitative estimate of drug-likeness (QED) is 0.664. The van der Waals surface area contributed by atoms with Crippen LogP contribution in [0.25, 0.3) is 0 Å². The van der Waals surface area contributed by atoms with Crippen LogP contribution in [0.3, 0.4) is 0 Å². The maximum atomic E-state index is 5.52. The van der Waals surface area contributed by atoms with Gasteiger partial charge in [0.15, 0.2) is 0 Å². The molecule has 1 saturated heterocycles. The summed E-state index contributed by atoms with van der Waals surface area (Å²) < 4.78 is 8.20. The zero-order chi connectivity index (χ0) is 18.1. The van der Waals surface area contributed by atoms with Gasteiger partial charge in [-0.25, -0.2) is 4.74 Å². The largest absolute Gasteiger partial charge is 0.265 e. The summed E-state index contributed by atoms with van der Waals surface area (Å²) in [5, 5.41) is 1.41. The summed E-state index contributed by atoms with van der Waals surface area (Å²) in [6.45, 7) is 13.7. The van der Waals surface area contributed by atoms with Crippen LogP contribution in [0.4, 0.5) is 5.69 Å². The fraction of sp³-hybridized carbons (Fsp3) is 0.476. The summed E-state index contributed by atoms with van der Waals surface area (Å²) in [5.74, 6) is 0. The fourth-order valence-electron chi connectivity index (χ4n) is 3.74. The van der Waals surface area contributed by atoms with Crippen molar-refractivity contribution in [3.8, 4) is 0 Å². The molecule has 1 unspecified atom stereocenters. The van der Waals surface area contributed by atoms with Crippen molar-refractivity contribution in [1.82, 2.24) is 9.65 Å². The van der Waals surface area contributed by atoms with Gasteiger partial charge < -0.3 is 0 Å². The zero-order valence-corrected chi connectivity index (χ0v) is 17.1. The van der Waals surface area contributed by atoms with E-state index in [0.717, 1.165) is 18.8 Å². The second kappa shape index (κ2) is 7.05. The number of aromatic nitrogens is 1. The predicted molar refractivity (Wildman–Crippen MR) is 109 cm³/mol. The fourth-order valence-corrected chi connectivity index (χ4v) is 8.10. The zero-order valence-electron chi connectivity index (χ0n) is 16.2. The van der Waals surface area contributed by atoms with E-state index < -0.39 is 7.21 Å². The Morgan fingerprint density at radius 1 is 0.960 bits per heavy atom. The van der Waals surface area contributed by atoms with Gasteiger partial charge in [0, 0.05) is 35.9 Å². The molecular weight excluding hydrogens is 325 g/mol. The SMILES string of the molecule is Cc1ccc(N=P(c2ccncc2)(N2CCCC2)C(C)(C)C)cc1C. The minimum absolute atomic E-state index is 0.0669. The van der Waals surface area contributed by atoms with Crippen LogP contribution < -0.4 is 5.30 Å². The van der Waals surface area contributed by atoms with E-state index in [9.17, 15) is 0 Å². The first-order valence-corrected chi connectivity index (χ1v) is 10.9. The van der Waals surface area contributed by atoms with Crippen LogP contribution in [-0.2, 0) is 0 Å². The number of benzene rings is 1. The Kier molecular flexibility index (Phi) is 5.18. The van der Waals surface area contributed by atoms with Gasteiger partial charge >= 0.3 is 0 Å². The van der Waals surface area contributed by atoms with E-state index in [1.54, 1.807) is 0 Å². The molecule has 4 heteroatoms. The monoisotopic (exact) mass is 355 g/mol. The Bertz CT molecular complexity index is 785. The van der Waals surface area contributed by atoms with Gasteiger partial charge in [-0.05, 0) is 62.1 Å². The standard InChI is InChI=1S/C21H30N3P/c1-17-8-9-19(16-18(17)2)23-25(21(3,4)5,24-14-6-7-15-24)20-10-12-22-13-11-20/h8-13,16H,6-7,14-15H2,1-5H3. The first-order valence-electron chi connectivity index (χ1n) is 9.20. The van der Waals surface area contributed by atoms with Gasteiger partial charge in [-0.3, -0.25) is 9.65 Å². The van der Waals surface area contributed by atoms with Crippen LogP contribution in [0, 0.1) is 13.8 Å². The van der Waals surface area contributed by atoms with Gasteiger partial charge in [0.1, 0.15) is 0 Å². The molecular formula is C21H30N3P. The predicted octanol–water partition coefficient (Wildman–Crippen LogP) is 5.67. The van der Waals surface area contributed by atoms with Gasteiger partial charge in [0.25, 0.3) is 0 Å². The molecule has 0 saturated carbocycles. The Labute approximate surface area is 152 Å². The summed E-state index contributed by atoms with van der Waals surface area (Å²) in [5.41, 5.74) is 3.74. The summed E-state index contributed by atoms with van der Waals surface area (Å²) in [6, 6.07) is 11.0. The molecule has 0 spiro atoms. The van der Waals surface area contributed by atoms with E-state index in [4.69, 9.17) is 4.74 Å². The van der Waals surface area contributed by atoms with Crippen molar-refractivity contribution in [2.45, 2.75) is 52.6 Å². The number of hydrogen-bond donors (Lipinski definition) is 0. The van der Waals surface area contributed by atoms with Crippen molar-refractivity contribution in [3.05, 3.63) is 53.9 Å². The number of nitrogens with zero attached hydrogens (tertiary/aromatic N) is 3.